The predicted molar refractivity (Wildman–Crippen MR) is 137 cm³/mol. The molecule has 0 aliphatic heterocycles. The Bertz CT molecular complexity index is 1250. The van der Waals surface area contributed by atoms with Crippen molar-refractivity contribution < 1.29 is 13.2 Å². The second-order valence-electron chi connectivity index (χ2n) is 9.28. The van der Waals surface area contributed by atoms with E-state index in [4.69, 9.17) is 0 Å². The first-order valence-electron chi connectivity index (χ1n) is 11.8. The molecule has 1 N–H and O–H groups in total. The molecule has 6 heteroatoms. The molecule has 178 valence electrons. The van der Waals surface area contributed by atoms with Crippen LogP contribution >= 0.6 is 0 Å². The maximum absolute atomic E-state index is 13.6. The van der Waals surface area contributed by atoms with Gasteiger partial charge in [-0.05, 0) is 73.1 Å². The number of carbonyl (C=O) groups excluding carboxylic acids is 1. The first-order chi connectivity index (χ1) is 16.3. The summed E-state index contributed by atoms with van der Waals surface area (Å²) in [5, 5.41) is 3.09. The number of sulfonamides is 1. The van der Waals surface area contributed by atoms with Crippen molar-refractivity contribution >= 4 is 21.6 Å². The van der Waals surface area contributed by atoms with Crippen LogP contribution in [0.25, 0.3) is 0 Å². The van der Waals surface area contributed by atoms with Crippen molar-refractivity contribution in [2.45, 2.75) is 56.9 Å². The number of amides is 1. The van der Waals surface area contributed by atoms with Gasteiger partial charge in [0.1, 0.15) is 6.54 Å². The Kier molecular flexibility index (Phi) is 7.08. The van der Waals surface area contributed by atoms with Gasteiger partial charge in [0.15, 0.2) is 0 Å². The lowest BCUT2D eigenvalue weighted by Crippen LogP contribution is -2.42. The first-order valence-corrected chi connectivity index (χ1v) is 13.3. The molecule has 0 heterocycles. The minimum Gasteiger partial charge on any atom is -0.348 e. The van der Waals surface area contributed by atoms with E-state index in [0.717, 1.165) is 36.0 Å². The number of fused-ring (bicyclic) bond motifs is 1. The molecule has 3 aromatic carbocycles. The monoisotopic (exact) mass is 476 g/mol. The molecule has 1 unspecified atom stereocenters. The Morgan fingerprint density at radius 2 is 1.68 bits per heavy atom. The molecule has 0 radical (unpaired) electrons. The molecule has 1 atom stereocenters. The molecule has 0 bridgehead atoms. The number of rotatable bonds is 7. The molecule has 0 aromatic heterocycles. The topological polar surface area (TPSA) is 66.5 Å². The van der Waals surface area contributed by atoms with Crippen molar-refractivity contribution in [2.24, 2.45) is 0 Å². The molecule has 3 aromatic rings. The molecule has 0 fully saturated rings. The number of hydrogen-bond donors (Lipinski definition) is 1. The van der Waals surface area contributed by atoms with Crippen LogP contribution in [0.3, 0.4) is 0 Å². The number of benzene rings is 3. The van der Waals surface area contributed by atoms with Gasteiger partial charge in [-0.25, -0.2) is 8.42 Å². The zero-order chi connectivity index (χ0) is 24.3. The Morgan fingerprint density at radius 1 is 1.00 bits per heavy atom. The summed E-state index contributed by atoms with van der Waals surface area (Å²) < 4.78 is 28.5. The van der Waals surface area contributed by atoms with E-state index in [1.165, 1.54) is 9.87 Å². The van der Waals surface area contributed by atoms with Gasteiger partial charge in [0.25, 0.3) is 10.0 Å². The maximum Gasteiger partial charge on any atom is 0.264 e. The molecule has 0 saturated heterocycles. The van der Waals surface area contributed by atoms with Crippen LogP contribution in [0, 0.1) is 6.92 Å². The molecule has 0 spiro atoms. The summed E-state index contributed by atoms with van der Waals surface area (Å²) in [5.74, 6) is 0.0104. The molecule has 5 nitrogen and oxygen atoms in total. The summed E-state index contributed by atoms with van der Waals surface area (Å²) in [7, 11) is -3.93. The molecular weight excluding hydrogens is 444 g/mol. The SMILES string of the molecule is Cc1ccc(S(=O)(=O)N(CC(=O)NC2CCCc3ccccc32)c2ccc(C(C)C)cc2)cc1. The predicted octanol–water partition coefficient (Wildman–Crippen LogP) is 5.51. The number of nitrogens with one attached hydrogen (secondary N) is 1. The van der Waals surface area contributed by atoms with Crippen molar-refractivity contribution in [1.82, 2.24) is 5.32 Å². The zero-order valence-corrected chi connectivity index (χ0v) is 20.8. The molecule has 4 rings (SSSR count). The number of hydrogen-bond acceptors (Lipinski definition) is 3. The van der Waals surface area contributed by atoms with Gasteiger partial charge < -0.3 is 5.32 Å². The highest BCUT2D eigenvalue weighted by atomic mass is 32.2. The Morgan fingerprint density at radius 3 is 2.35 bits per heavy atom. The largest absolute Gasteiger partial charge is 0.348 e. The van der Waals surface area contributed by atoms with Crippen molar-refractivity contribution in [1.29, 1.82) is 0 Å². The lowest BCUT2D eigenvalue weighted by Gasteiger charge is -2.29. The lowest BCUT2D eigenvalue weighted by molar-refractivity contribution is -0.120. The summed E-state index contributed by atoms with van der Waals surface area (Å²) >= 11 is 0. The van der Waals surface area contributed by atoms with Crippen LogP contribution in [0.4, 0.5) is 5.69 Å². The van der Waals surface area contributed by atoms with Crippen LogP contribution in [-0.2, 0) is 21.2 Å². The normalized spacial score (nSPS) is 15.6. The van der Waals surface area contributed by atoms with Crippen LogP contribution in [0.15, 0.2) is 77.7 Å². The third-order valence-corrected chi connectivity index (χ3v) is 8.24. The minimum atomic E-state index is -3.93. The van der Waals surface area contributed by atoms with E-state index in [0.29, 0.717) is 11.6 Å². The van der Waals surface area contributed by atoms with Crippen molar-refractivity contribution in [3.05, 3.63) is 95.1 Å². The smallest absolute Gasteiger partial charge is 0.264 e. The van der Waals surface area contributed by atoms with E-state index < -0.39 is 10.0 Å². The Balaban J connectivity index is 1.63. The second kappa shape index (κ2) is 10.0. The van der Waals surface area contributed by atoms with E-state index in [1.807, 2.05) is 37.3 Å². The number of carbonyl (C=O) groups is 1. The van der Waals surface area contributed by atoms with Crippen molar-refractivity contribution in [3.63, 3.8) is 0 Å². The second-order valence-corrected chi connectivity index (χ2v) is 11.1. The lowest BCUT2D eigenvalue weighted by atomic mass is 9.88. The van der Waals surface area contributed by atoms with E-state index >= 15 is 0 Å². The van der Waals surface area contributed by atoms with E-state index in [1.54, 1.807) is 36.4 Å². The van der Waals surface area contributed by atoms with E-state index in [9.17, 15) is 13.2 Å². The maximum atomic E-state index is 13.6. The molecule has 1 aliphatic rings. The molecule has 0 saturated carbocycles. The van der Waals surface area contributed by atoms with Gasteiger partial charge in [-0.1, -0.05) is 67.9 Å². The van der Waals surface area contributed by atoms with E-state index in [2.05, 4.69) is 25.2 Å². The van der Waals surface area contributed by atoms with Crippen LogP contribution in [0.1, 0.15) is 60.9 Å². The minimum absolute atomic E-state index is 0.107. The fourth-order valence-corrected chi connectivity index (χ4v) is 5.87. The summed E-state index contributed by atoms with van der Waals surface area (Å²) in [6.45, 7) is 5.81. The molecule has 1 aliphatic carbocycles. The Hall–Kier alpha value is -3.12. The fraction of sp³-hybridized carbons (Fsp3) is 0.321. The van der Waals surface area contributed by atoms with Crippen LogP contribution in [0.2, 0.25) is 0 Å². The van der Waals surface area contributed by atoms with Crippen LogP contribution < -0.4 is 9.62 Å². The van der Waals surface area contributed by atoms with Gasteiger partial charge >= 0.3 is 0 Å². The van der Waals surface area contributed by atoms with E-state index in [-0.39, 0.29) is 23.4 Å². The number of aryl methyl sites for hydroxylation is 2. The number of nitrogens with zero attached hydrogens (tertiary/aromatic N) is 1. The number of anilines is 1. The van der Waals surface area contributed by atoms with Gasteiger partial charge in [0, 0.05) is 0 Å². The highest BCUT2D eigenvalue weighted by Crippen LogP contribution is 2.30. The van der Waals surface area contributed by atoms with Crippen molar-refractivity contribution in [3.8, 4) is 0 Å². The quantitative estimate of drug-likeness (QED) is 0.489. The summed E-state index contributed by atoms with van der Waals surface area (Å²) in [6.07, 6.45) is 2.83. The third-order valence-electron chi connectivity index (χ3n) is 6.45. The highest BCUT2D eigenvalue weighted by Gasteiger charge is 2.29. The summed E-state index contributed by atoms with van der Waals surface area (Å²) in [6, 6.07) is 22.2. The molecule has 1 amide bonds. The summed E-state index contributed by atoms with van der Waals surface area (Å²) in [4.78, 5) is 13.4. The van der Waals surface area contributed by atoms with Gasteiger partial charge in [-0.15, -0.1) is 0 Å². The summed E-state index contributed by atoms with van der Waals surface area (Å²) in [5.41, 5.74) is 4.92. The third kappa shape index (κ3) is 5.17. The van der Waals surface area contributed by atoms with Crippen molar-refractivity contribution in [2.75, 3.05) is 10.8 Å². The first kappa shape index (κ1) is 24.0. The zero-order valence-electron chi connectivity index (χ0n) is 20.0. The molecular formula is C28H32N2O3S. The standard InChI is InChI=1S/C28H32N2O3S/c1-20(2)22-13-15-24(16-14-22)30(34(32,33)25-17-11-21(3)12-18-25)19-28(31)29-27-10-6-8-23-7-4-5-9-26(23)27/h4-5,7,9,11-18,20,27H,6,8,10,19H2,1-3H3,(H,29,31). The average Bonchev–Trinajstić information content (AvgIpc) is 2.83. The van der Waals surface area contributed by atoms with Crippen LogP contribution in [-0.4, -0.2) is 20.9 Å². The highest BCUT2D eigenvalue weighted by molar-refractivity contribution is 7.92. The van der Waals surface area contributed by atoms with Crippen LogP contribution in [0.5, 0.6) is 0 Å². The van der Waals surface area contributed by atoms with Gasteiger partial charge in [-0.3, -0.25) is 9.10 Å². The Labute approximate surface area is 202 Å². The van der Waals surface area contributed by atoms with Gasteiger partial charge in [0.2, 0.25) is 5.91 Å². The molecule has 34 heavy (non-hydrogen) atoms. The van der Waals surface area contributed by atoms with Gasteiger partial charge in [-0.2, -0.15) is 0 Å². The fourth-order valence-electron chi connectivity index (χ4n) is 4.45. The van der Waals surface area contributed by atoms with Gasteiger partial charge in [0.05, 0.1) is 16.6 Å². The average molecular weight is 477 g/mol.